The fourth-order valence-corrected chi connectivity index (χ4v) is 3.58. The fraction of sp³-hybridized carbons (Fsp3) is 0.238. The first-order chi connectivity index (χ1) is 14.6. The summed E-state index contributed by atoms with van der Waals surface area (Å²) in [6, 6.07) is 13.3. The number of ether oxygens (including phenoxy) is 2. The summed E-state index contributed by atoms with van der Waals surface area (Å²) in [6.07, 6.45) is 2.13. The molecule has 0 atom stereocenters. The van der Waals surface area contributed by atoms with Crippen LogP contribution in [0.2, 0.25) is 0 Å². The molecule has 0 spiro atoms. The van der Waals surface area contributed by atoms with Crippen LogP contribution in [0.15, 0.2) is 48.8 Å². The van der Waals surface area contributed by atoms with Gasteiger partial charge in [0, 0.05) is 19.2 Å². The van der Waals surface area contributed by atoms with Gasteiger partial charge in [0.15, 0.2) is 0 Å². The smallest absolute Gasteiger partial charge is 0.353 e. The molecule has 1 aliphatic rings. The van der Waals surface area contributed by atoms with Gasteiger partial charge in [0.05, 0.1) is 24.8 Å². The Bertz CT molecular complexity index is 1090. The van der Waals surface area contributed by atoms with E-state index in [1.165, 1.54) is 19.0 Å². The average Bonchev–Trinajstić information content (AvgIpc) is 2.78. The van der Waals surface area contributed by atoms with Gasteiger partial charge in [-0.05, 0) is 29.7 Å². The SMILES string of the molecule is COc1ccc(OC)c(Nc2ncnc(N3CCc4ccccc4C3)c2[N+](=O)[O-])c1. The molecular formula is C21H21N5O4. The Morgan fingerprint density at radius 2 is 1.90 bits per heavy atom. The number of hydrogen-bond acceptors (Lipinski definition) is 8. The summed E-state index contributed by atoms with van der Waals surface area (Å²) in [5, 5.41) is 15.0. The lowest BCUT2D eigenvalue weighted by molar-refractivity contribution is -0.383. The van der Waals surface area contributed by atoms with Gasteiger partial charge in [0.2, 0.25) is 11.6 Å². The van der Waals surface area contributed by atoms with E-state index in [0.717, 1.165) is 12.0 Å². The third-order valence-corrected chi connectivity index (χ3v) is 5.08. The van der Waals surface area contributed by atoms with Crippen LogP contribution in [0.5, 0.6) is 11.5 Å². The number of rotatable bonds is 6. The minimum Gasteiger partial charge on any atom is -0.497 e. The molecule has 1 N–H and O–H groups in total. The molecule has 0 amide bonds. The molecule has 2 heterocycles. The highest BCUT2D eigenvalue weighted by molar-refractivity contribution is 5.77. The number of benzene rings is 2. The second kappa shape index (κ2) is 8.24. The molecule has 0 fully saturated rings. The molecular weight excluding hydrogens is 386 g/mol. The van der Waals surface area contributed by atoms with E-state index in [1.807, 2.05) is 23.1 Å². The van der Waals surface area contributed by atoms with Crippen LogP contribution in [0.3, 0.4) is 0 Å². The summed E-state index contributed by atoms with van der Waals surface area (Å²) in [7, 11) is 3.07. The second-order valence-corrected chi connectivity index (χ2v) is 6.78. The van der Waals surface area contributed by atoms with E-state index in [9.17, 15) is 10.1 Å². The molecule has 0 saturated heterocycles. The van der Waals surface area contributed by atoms with Crippen LogP contribution >= 0.6 is 0 Å². The molecule has 9 nitrogen and oxygen atoms in total. The third-order valence-electron chi connectivity index (χ3n) is 5.08. The van der Waals surface area contributed by atoms with Gasteiger partial charge < -0.3 is 19.7 Å². The highest BCUT2D eigenvalue weighted by Gasteiger charge is 2.29. The number of fused-ring (bicyclic) bond motifs is 1. The lowest BCUT2D eigenvalue weighted by atomic mass is 10.00. The Balaban J connectivity index is 1.72. The Hall–Kier alpha value is -3.88. The normalized spacial score (nSPS) is 12.8. The maximum absolute atomic E-state index is 12.0. The summed E-state index contributed by atoms with van der Waals surface area (Å²) in [6.45, 7) is 1.19. The fourth-order valence-electron chi connectivity index (χ4n) is 3.58. The molecule has 4 rings (SSSR count). The molecule has 9 heteroatoms. The maximum atomic E-state index is 12.0. The van der Waals surface area contributed by atoms with Crippen molar-refractivity contribution in [1.82, 2.24) is 9.97 Å². The van der Waals surface area contributed by atoms with Gasteiger partial charge in [-0.3, -0.25) is 10.1 Å². The van der Waals surface area contributed by atoms with Crippen molar-refractivity contribution in [2.24, 2.45) is 0 Å². The standard InChI is InChI=1S/C21H21N5O4/c1-29-16-7-8-18(30-2)17(11-16)24-20-19(26(27)28)21(23-13-22-20)25-10-9-14-5-3-4-6-15(14)12-25/h3-8,11,13H,9-10,12H2,1-2H3,(H,22,23,24). The predicted octanol–water partition coefficient (Wildman–Crippen LogP) is 3.71. The number of nitrogens with one attached hydrogen (secondary N) is 1. The summed E-state index contributed by atoms with van der Waals surface area (Å²) in [5.41, 5.74) is 2.72. The quantitative estimate of drug-likeness (QED) is 0.487. The number of nitro groups is 1. The summed E-state index contributed by atoms with van der Waals surface area (Å²) in [5.74, 6) is 1.48. The first-order valence-electron chi connectivity index (χ1n) is 9.41. The number of nitrogens with zero attached hydrogens (tertiary/aromatic N) is 4. The van der Waals surface area contributed by atoms with Crippen molar-refractivity contribution in [2.45, 2.75) is 13.0 Å². The van der Waals surface area contributed by atoms with Crippen molar-refractivity contribution in [3.63, 3.8) is 0 Å². The van der Waals surface area contributed by atoms with Gasteiger partial charge in [0.1, 0.15) is 17.8 Å². The van der Waals surface area contributed by atoms with Crippen LogP contribution in [0, 0.1) is 10.1 Å². The number of methoxy groups -OCH3 is 2. The van der Waals surface area contributed by atoms with Gasteiger partial charge in [-0.15, -0.1) is 0 Å². The summed E-state index contributed by atoms with van der Waals surface area (Å²) < 4.78 is 10.6. The molecule has 0 saturated carbocycles. The van der Waals surface area contributed by atoms with Crippen molar-refractivity contribution in [3.05, 3.63) is 70.0 Å². The van der Waals surface area contributed by atoms with Gasteiger partial charge in [-0.1, -0.05) is 24.3 Å². The molecule has 1 aliphatic heterocycles. The lowest BCUT2D eigenvalue weighted by Gasteiger charge is -2.29. The molecule has 1 aromatic heterocycles. The molecule has 154 valence electrons. The highest BCUT2D eigenvalue weighted by Crippen LogP contribution is 2.38. The second-order valence-electron chi connectivity index (χ2n) is 6.78. The van der Waals surface area contributed by atoms with Crippen LogP contribution in [0.4, 0.5) is 23.0 Å². The van der Waals surface area contributed by atoms with E-state index < -0.39 is 4.92 Å². The van der Waals surface area contributed by atoms with E-state index in [0.29, 0.717) is 30.3 Å². The van der Waals surface area contributed by atoms with E-state index in [-0.39, 0.29) is 17.3 Å². The van der Waals surface area contributed by atoms with E-state index in [4.69, 9.17) is 9.47 Å². The monoisotopic (exact) mass is 407 g/mol. The summed E-state index contributed by atoms with van der Waals surface area (Å²) in [4.78, 5) is 21.9. The molecule has 0 aliphatic carbocycles. The van der Waals surface area contributed by atoms with E-state index in [1.54, 1.807) is 25.3 Å². The van der Waals surface area contributed by atoms with E-state index >= 15 is 0 Å². The van der Waals surface area contributed by atoms with Gasteiger partial charge in [-0.25, -0.2) is 9.97 Å². The van der Waals surface area contributed by atoms with E-state index in [2.05, 4.69) is 21.4 Å². The van der Waals surface area contributed by atoms with Crippen molar-refractivity contribution in [3.8, 4) is 11.5 Å². The molecule has 2 aromatic carbocycles. The van der Waals surface area contributed by atoms with Crippen LogP contribution < -0.4 is 19.7 Å². The topological polar surface area (TPSA) is 103 Å². The Morgan fingerprint density at radius 3 is 2.63 bits per heavy atom. The van der Waals surface area contributed by atoms with Crippen molar-refractivity contribution < 1.29 is 14.4 Å². The van der Waals surface area contributed by atoms with Crippen LogP contribution in [-0.4, -0.2) is 35.7 Å². The zero-order valence-electron chi connectivity index (χ0n) is 16.7. The molecule has 0 unspecified atom stereocenters. The summed E-state index contributed by atoms with van der Waals surface area (Å²) >= 11 is 0. The van der Waals surface area contributed by atoms with Crippen LogP contribution in [-0.2, 0) is 13.0 Å². The van der Waals surface area contributed by atoms with Crippen LogP contribution in [0.1, 0.15) is 11.1 Å². The zero-order valence-corrected chi connectivity index (χ0v) is 16.7. The Kier molecular flexibility index (Phi) is 5.34. The molecule has 3 aromatic rings. The molecule has 0 bridgehead atoms. The van der Waals surface area contributed by atoms with Crippen molar-refractivity contribution in [2.75, 3.05) is 31.0 Å². The molecule has 0 radical (unpaired) electrons. The van der Waals surface area contributed by atoms with Crippen LogP contribution in [0.25, 0.3) is 0 Å². The maximum Gasteiger partial charge on any atom is 0.353 e. The van der Waals surface area contributed by atoms with Gasteiger partial charge in [-0.2, -0.15) is 0 Å². The first kappa shape index (κ1) is 19.4. The van der Waals surface area contributed by atoms with Gasteiger partial charge >= 0.3 is 5.69 Å². The Morgan fingerprint density at radius 1 is 1.10 bits per heavy atom. The van der Waals surface area contributed by atoms with Crippen molar-refractivity contribution >= 4 is 23.0 Å². The third kappa shape index (κ3) is 3.69. The number of hydrogen-bond donors (Lipinski definition) is 1. The minimum absolute atomic E-state index is 0.0930. The minimum atomic E-state index is -0.454. The predicted molar refractivity (Wildman–Crippen MR) is 113 cm³/mol. The molecule has 30 heavy (non-hydrogen) atoms. The van der Waals surface area contributed by atoms with Gasteiger partial charge in [0.25, 0.3) is 0 Å². The van der Waals surface area contributed by atoms with Crippen molar-refractivity contribution in [1.29, 1.82) is 0 Å². The number of anilines is 3. The highest BCUT2D eigenvalue weighted by atomic mass is 16.6. The lowest BCUT2D eigenvalue weighted by Crippen LogP contribution is -2.31. The Labute approximate surface area is 173 Å². The number of aromatic nitrogens is 2. The average molecular weight is 407 g/mol. The largest absolute Gasteiger partial charge is 0.497 e. The zero-order chi connectivity index (χ0) is 21.1. The first-order valence-corrected chi connectivity index (χ1v) is 9.41.